The summed E-state index contributed by atoms with van der Waals surface area (Å²) in [6.07, 6.45) is 0. The van der Waals surface area contributed by atoms with E-state index in [-0.39, 0.29) is 0 Å². The summed E-state index contributed by atoms with van der Waals surface area (Å²) in [5.74, 6) is 0. The zero-order chi connectivity index (χ0) is 38.9. The Balaban J connectivity index is 1.09. The summed E-state index contributed by atoms with van der Waals surface area (Å²) in [5, 5.41) is 10.0. The highest BCUT2D eigenvalue weighted by atomic mass is 14.5. The van der Waals surface area contributed by atoms with Crippen molar-refractivity contribution in [2.75, 3.05) is 0 Å². The number of benzene rings is 11. The fraction of sp³-hybridized carbons (Fsp3) is 0.0169. The van der Waals surface area contributed by atoms with Gasteiger partial charge in [0.1, 0.15) is 0 Å². The molecule has 0 aromatic heterocycles. The van der Waals surface area contributed by atoms with Gasteiger partial charge in [-0.3, -0.25) is 0 Å². The summed E-state index contributed by atoms with van der Waals surface area (Å²) in [6, 6.07) is 85.8. The smallest absolute Gasteiger partial charge is 0.0622 e. The molecule has 0 N–H and O–H groups in total. The minimum atomic E-state index is -0.423. The van der Waals surface area contributed by atoms with Crippen LogP contribution in [-0.4, -0.2) is 0 Å². The molecule has 0 bridgehead atoms. The van der Waals surface area contributed by atoms with E-state index < -0.39 is 5.41 Å². The molecule has 0 amide bonds. The van der Waals surface area contributed by atoms with Crippen LogP contribution < -0.4 is 0 Å². The maximum atomic E-state index is 2.44. The summed E-state index contributed by atoms with van der Waals surface area (Å²) in [5.41, 5.74) is 14.8. The molecule has 0 fully saturated rings. The van der Waals surface area contributed by atoms with E-state index in [2.05, 4.69) is 231 Å². The van der Waals surface area contributed by atoms with Gasteiger partial charge >= 0.3 is 0 Å². The van der Waals surface area contributed by atoms with Crippen molar-refractivity contribution in [3.8, 4) is 44.5 Å². The first kappa shape index (κ1) is 33.6. The van der Waals surface area contributed by atoms with Crippen LogP contribution in [-0.2, 0) is 5.41 Å². The Bertz CT molecular complexity index is 3380. The van der Waals surface area contributed by atoms with Crippen molar-refractivity contribution in [1.82, 2.24) is 0 Å². The Kier molecular flexibility index (Phi) is 7.55. The molecule has 0 spiro atoms. The first-order valence-corrected chi connectivity index (χ1v) is 20.6. The second-order valence-electron chi connectivity index (χ2n) is 16.0. The predicted molar refractivity (Wildman–Crippen MR) is 250 cm³/mol. The van der Waals surface area contributed by atoms with Crippen LogP contribution in [0.5, 0.6) is 0 Å². The normalized spacial score (nSPS) is 12.9. The first-order chi connectivity index (χ1) is 29.3. The molecular formula is C59H38. The van der Waals surface area contributed by atoms with Gasteiger partial charge in [0.05, 0.1) is 5.41 Å². The molecular weight excluding hydrogens is 709 g/mol. The summed E-state index contributed by atoms with van der Waals surface area (Å²) in [4.78, 5) is 0. The lowest BCUT2D eigenvalue weighted by molar-refractivity contribution is 0.768. The lowest BCUT2D eigenvalue weighted by Gasteiger charge is -2.34. The fourth-order valence-corrected chi connectivity index (χ4v) is 10.3. The third-order valence-corrected chi connectivity index (χ3v) is 12.9. The van der Waals surface area contributed by atoms with Crippen molar-refractivity contribution in [1.29, 1.82) is 0 Å². The van der Waals surface area contributed by atoms with E-state index in [0.717, 1.165) is 0 Å². The lowest BCUT2D eigenvalue weighted by Crippen LogP contribution is -2.28. The van der Waals surface area contributed by atoms with Crippen molar-refractivity contribution >= 4 is 43.1 Å². The Morgan fingerprint density at radius 1 is 0.237 bits per heavy atom. The summed E-state index contributed by atoms with van der Waals surface area (Å²) in [6.45, 7) is 0. The maximum Gasteiger partial charge on any atom is 0.0713 e. The van der Waals surface area contributed by atoms with E-state index >= 15 is 0 Å². The molecule has 11 aromatic rings. The molecule has 0 radical (unpaired) electrons. The van der Waals surface area contributed by atoms with Crippen molar-refractivity contribution < 1.29 is 0 Å². The van der Waals surface area contributed by atoms with Crippen LogP contribution in [0, 0.1) is 0 Å². The van der Waals surface area contributed by atoms with Gasteiger partial charge in [0, 0.05) is 0 Å². The minimum Gasteiger partial charge on any atom is -0.0622 e. The van der Waals surface area contributed by atoms with E-state index in [9.17, 15) is 0 Å². The van der Waals surface area contributed by atoms with E-state index in [0.29, 0.717) is 0 Å². The van der Waals surface area contributed by atoms with Gasteiger partial charge in [0.15, 0.2) is 0 Å². The number of hydrogen-bond donors (Lipinski definition) is 0. The van der Waals surface area contributed by atoms with Crippen LogP contribution in [0.2, 0.25) is 0 Å². The SMILES string of the molecule is c1ccc(C2(c3ccc(-c4ccc5c(-c6ccc7ccccc7c6)c6ccccc6c(-c6ccc7ccccc7c6)c5c4)cc3)c3ccccc3-c3ccccc32)cc1. The zero-order valence-corrected chi connectivity index (χ0v) is 32.4. The minimum absolute atomic E-state index is 0.423. The predicted octanol–water partition coefficient (Wildman–Crippen LogP) is 15.7. The van der Waals surface area contributed by atoms with E-state index in [1.54, 1.807) is 0 Å². The van der Waals surface area contributed by atoms with Gasteiger partial charge in [-0.2, -0.15) is 0 Å². The second-order valence-corrected chi connectivity index (χ2v) is 16.0. The van der Waals surface area contributed by atoms with Gasteiger partial charge in [-0.25, -0.2) is 0 Å². The van der Waals surface area contributed by atoms with Crippen LogP contribution in [0.4, 0.5) is 0 Å². The standard InChI is InChI=1S/C59H38/c1-2-18-47(19-3-1)59(55-24-12-10-20-49(55)50-21-11-13-25-56(50)59)48-33-30-41(31-34-48)44-32-35-53-54(38-44)58(46-29-27-40-15-5-7-17-43(40)37-46)52-23-9-8-22-51(52)57(53)45-28-26-39-14-4-6-16-42(39)36-45/h1-38H. The van der Waals surface area contributed by atoms with Crippen LogP contribution in [0.15, 0.2) is 231 Å². The molecule has 0 saturated heterocycles. The summed E-state index contributed by atoms with van der Waals surface area (Å²) in [7, 11) is 0. The van der Waals surface area contributed by atoms with Gasteiger partial charge < -0.3 is 0 Å². The van der Waals surface area contributed by atoms with Crippen molar-refractivity contribution in [2.45, 2.75) is 5.41 Å². The topological polar surface area (TPSA) is 0 Å². The van der Waals surface area contributed by atoms with Gasteiger partial charge in [0.2, 0.25) is 0 Å². The third kappa shape index (κ3) is 5.10. The van der Waals surface area contributed by atoms with Gasteiger partial charge in [0.25, 0.3) is 0 Å². The molecule has 0 unspecified atom stereocenters. The van der Waals surface area contributed by atoms with E-state index in [1.165, 1.54) is 110 Å². The Morgan fingerprint density at radius 2 is 0.661 bits per heavy atom. The van der Waals surface area contributed by atoms with Gasteiger partial charge in [-0.15, -0.1) is 0 Å². The molecule has 0 nitrogen and oxygen atoms in total. The molecule has 274 valence electrons. The van der Waals surface area contributed by atoms with E-state index in [1.807, 2.05) is 0 Å². The Hall–Kier alpha value is -7.54. The summed E-state index contributed by atoms with van der Waals surface area (Å²) >= 11 is 0. The Labute approximate surface area is 344 Å². The van der Waals surface area contributed by atoms with Crippen LogP contribution in [0.25, 0.3) is 87.6 Å². The van der Waals surface area contributed by atoms with Crippen molar-refractivity contribution in [3.63, 3.8) is 0 Å². The average Bonchev–Trinajstić information content (AvgIpc) is 3.61. The number of hydrogen-bond acceptors (Lipinski definition) is 0. The lowest BCUT2D eigenvalue weighted by atomic mass is 9.67. The van der Waals surface area contributed by atoms with Gasteiger partial charge in [-0.1, -0.05) is 212 Å². The first-order valence-electron chi connectivity index (χ1n) is 20.6. The Morgan fingerprint density at radius 3 is 1.25 bits per heavy atom. The third-order valence-electron chi connectivity index (χ3n) is 12.9. The molecule has 0 heterocycles. The molecule has 1 aliphatic carbocycles. The van der Waals surface area contributed by atoms with Crippen LogP contribution >= 0.6 is 0 Å². The highest BCUT2D eigenvalue weighted by Crippen LogP contribution is 2.56. The highest BCUT2D eigenvalue weighted by molar-refractivity contribution is 6.22. The fourth-order valence-electron chi connectivity index (χ4n) is 10.3. The molecule has 0 heteroatoms. The molecule has 12 rings (SSSR count). The van der Waals surface area contributed by atoms with Crippen molar-refractivity contribution in [2.24, 2.45) is 0 Å². The average molecular weight is 747 g/mol. The van der Waals surface area contributed by atoms with Crippen LogP contribution in [0.3, 0.4) is 0 Å². The number of fused-ring (bicyclic) bond motifs is 7. The molecule has 0 saturated carbocycles. The molecule has 0 atom stereocenters. The molecule has 11 aromatic carbocycles. The van der Waals surface area contributed by atoms with E-state index in [4.69, 9.17) is 0 Å². The molecule has 0 aliphatic heterocycles. The second kappa shape index (κ2) is 13.3. The monoisotopic (exact) mass is 746 g/mol. The zero-order valence-electron chi connectivity index (χ0n) is 32.4. The molecule has 59 heavy (non-hydrogen) atoms. The van der Waals surface area contributed by atoms with Crippen molar-refractivity contribution in [3.05, 3.63) is 253 Å². The van der Waals surface area contributed by atoms with Gasteiger partial charge in [-0.05, 0) is 128 Å². The number of rotatable bonds is 5. The highest BCUT2D eigenvalue weighted by Gasteiger charge is 2.45. The quantitative estimate of drug-likeness (QED) is 0.154. The maximum absolute atomic E-state index is 2.44. The summed E-state index contributed by atoms with van der Waals surface area (Å²) < 4.78 is 0. The largest absolute Gasteiger partial charge is 0.0713 e. The molecule has 1 aliphatic rings. The van der Waals surface area contributed by atoms with Crippen LogP contribution in [0.1, 0.15) is 22.3 Å².